The Morgan fingerprint density at radius 3 is 2.37 bits per heavy atom. The average Bonchev–Trinajstić information content (AvgIpc) is 3.97. The van der Waals surface area contributed by atoms with E-state index in [4.69, 9.17) is 9.72 Å². The second-order valence-corrected chi connectivity index (χ2v) is 13.6. The third kappa shape index (κ3) is 10.3. The van der Waals surface area contributed by atoms with Crippen LogP contribution in [0.3, 0.4) is 0 Å². The van der Waals surface area contributed by atoms with Crippen molar-refractivity contribution in [3.05, 3.63) is 83.6 Å². The van der Waals surface area contributed by atoms with E-state index in [2.05, 4.69) is 59.0 Å². The number of hydrogen-bond donors (Lipinski definition) is 3. The van der Waals surface area contributed by atoms with Gasteiger partial charge in [-0.15, -0.1) is 0 Å². The van der Waals surface area contributed by atoms with E-state index in [1.165, 1.54) is 12.7 Å². The van der Waals surface area contributed by atoms with E-state index in [0.717, 1.165) is 65.2 Å². The number of likely N-dealkylation sites (tertiary alicyclic amines) is 1. The van der Waals surface area contributed by atoms with E-state index >= 15 is 0 Å². The topological polar surface area (TPSA) is 136 Å². The zero-order valence-electron chi connectivity index (χ0n) is 31.7. The van der Waals surface area contributed by atoms with Gasteiger partial charge in [-0.3, -0.25) is 9.59 Å². The maximum Gasteiger partial charge on any atom is 0.407 e. The summed E-state index contributed by atoms with van der Waals surface area (Å²) in [6.07, 6.45) is 7.31. The SMILES string of the molecule is CC.CC1=CCN(C(=O)CC(C)C)C1.COC(=O)NC(C(=O)N1CCCC1c1nc2ccc(C#Cc3ccc(-c4cnc[nH]4)cc3)cc2[nH]1)C(C)C. The molecule has 52 heavy (non-hydrogen) atoms. The lowest BCUT2D eigenvalue weighted by Crippen LogP contribution is -2.51. The third-order valence-corrected chi connectivity index (χ3v) is 8.82. The third-order valence-electron chi connectivity index (χ3n) is 8.82. The van der Waals surface area contributed by atoms with E-state index in [1.807, 2.05) is 80.0 Å². The highest BCUT2D eigenvalue weighted by molar-refractivity contribution is 5.86. The molecule has 2 aliphatic rings. The number of H-pyrrole nitrogens is 2. The van der Waals surface area contributed by atoms with E-state index in [9.17, 15) is 14.4 Å². The quantitative estimate of drug-likeness (QED) is 0.137. The van der Waals surface area contributed by atoms with Crippen LogP contribution in [0.2, 0.25) is 0 Å². The van der Waals surface area contributed by atoms with Gasteiger partial charge in [-0.25, -0.2) is 14.8 Å². The van der Waals surface area contributed by atoms with Crippen LogP contribution in [0.4, 0.5) is 4.79 Å². The van der Waals surface area contributed by atoms with Gasteiger partial charge < -0.3 is 29.8 Å². The first-order valence-corrected chi connectivity index (χ1v) is 18.2. The molecule has 3 N–H and O–H groups in total. The molecule has 2 aromatic heterocycles. The number of nitrogens with one attached hydrogen (secondary N) is 3. The van der Waals surface area contributed by atoms with Crippen molar-refractivity contribution in [1.82, 2.24) is 35.1 Å². The Kier molecular flexibility index (Phi) is 14.2. The van der Waals surface area contributed by atoms with Crippen molar-refractivity contribution in [2.24, 2.45) is 11.8 Å². The molecule has 0 spiro atoms. The molecule has 1 saturated heterocycles. The molecule has 0 radical (unpaired) electrons. The predicted molar refractivity (Wildman–Crippen MR) is 205 cm³/mol. The summed E-state index contributed by atoms with van der Waals surface area (Å²) in [6, 6.07) is 13.0. The Hall–Kier alpha value is -5.37. The summed E-state index contributed by atoms with van der Waals surface area (Å²) >= 11 is 0. The van der Waals surface area contributed by atoms with Crippen LogP contribution in [0.1, 0.15) is 90.7 Å². The van der Waals surface area contributed by atoms with Gasteiger partial charge in [0.05, 0.1) is 42.4 Å². The Morgan fingerprint density at radius 1 is 1.04 bits per heavy atom. The number of methoxy groups -OCH3 is 1. The van der Waals surface area contributed by atoms with Gasteiger partial charge in [0.2, 0.25) is 11.8 Å². The van der Waals surface area contributed by atoms with Crippen LogP contribution in [0.25, 0.3) is 22.3 Å². The Balaban J connectivity index is 0.000000365. The first-order valence-electron chi connectivity index (χ1n) is 18.2. The number of carbonyl (C=O) groups is 3. The highest BCUT2D eigenvalue weighted by atomic mass is 16.5. The molecule has 6 rings (SSSR count). The Labute approximate surface area is 307 Å². The van der Waals surface area contributed by atoms with Crippen LogP contribution in [0.15, 0.2) is 66.6 Å². The van der Waals surface area contributed by atoms with Crippen LogP contribution in [0.5, 0.6) is 0 Å². The van der Waals surface area contributed by atoms with Gasteiger partial charge in [0.25, 0.3) is 0 Å². The Morgan fingerprint density at radius 2 is 1.75 bits per heavy atom. The molecule has 1 fully saturated rings. The van der Waals surface area contributed by atoms with E-state index < -0.39 is 12.1 Å². The summed E-state index contributed by atoms with van der Waals surface area (Å²) in [5.74, 6) is 7.74. The standard InChI is InChI=1S/C29H30N6O3.C10H17NO.C2H6/c1-18(2)26(34-29(37)38-3)28(36)35-14-4-5-25(35)27-32-22-13-10-20(15-23(22)33-27)7-6-19-8-11-21(12-9-19)24-16-30-17-31-24;1-8(2)6-10(12)11-5-4-9(3)7-11;1-2/h8-13,15-18,25-26H,4-5,14H2,1-3H3,(H,30,31)(H,32,33)(H,34,37);4,8H,5-7H2,1-3H3;1-2H3. The molecule has 2 aromatic carbocycles. The number of carbonyl (C=O) groups excluding carboxylic acids is 3. The molecule has 2 aliphatic heterocycles. The van der Waals surface area contributed by atoms with Crippen LogP contribution in [-0.2, 0) is 14.3 Å². The van der Waals surface area contributed by atoms with Crippen LogP contribution < -0.4 is 5.32 Å². The summed E-state index contributed by atoms with van der Waals surface area (Å²) in [4.78, 5) is 55.8. The van der Waals surface area contributed by atoms with Crippen molar-refractivity contribution in [2.45, 2.75) is 79.8 Å². The van der Waals surface area contributed by atoms with Crippen molar-refractivity contribution in [2.75, 3.05) is 26.7 Å². The fourth-order valence-electron chi connectivity index (χ4n) is 6.11. The lowest BCUT2D eigenvalue weighted by molar-refractivity contribution is -0.135. The molecule has 0 bridgehead atoms. The first-order chi connectivity index (χ1) is 25.0. The van der Waals surface area contributed by atoms with Crippen LogP contribution in [-0.4, -0.2) is 80.4 Å². The number of aromatic amines is 2. The lowest BCUT2D eigenvalue weighted by atomic mass is 10.0. The fourth-order valence-corrected chi connectivity index (χ4v) is 6.11. The summed E-state index contributed by atoms with van der Waals surface area (Å²) < 4.78 is 4.72. The number of aromatic nitrogens is 4. The summed E-state index contributed by atoms with van der Waals surface area (Å²) in [5, 5.41) is 2.68. The predicted octanol–water partition coefficient (Wildman–Crippen LogP) is 7.24. The molecule has 0 saturated carbocycles. The molecule has 4 aromatic rings. The zero-order valence-corrected chi connectivity index (χ0v) is 31.7. The van der Waals surface area contributed by atoms with Gasteiger partial charge in [0.1, 0.15) is 11.9 Å². The maximum atomic E-state index is 13.4. The maximum absolute atomic E-state index is 13.4. The number of hydrogen-bond acceptors (Lipinski definition) is 6. The van der Waals surface area contributed by atoms with E-state index in [-0.39, 0.29) is 23.8 Å². The van der Waals surface area contributed by atoms with Gasteiger partial charge in [0, 0.05) is 37.2 Å². The minimum Gasteiger partial charge on any atom is -0.453 e. The molecule has 276 valence electrons. The average molecular weight is 708 g/mol. The summed E-state index contributed by atoms with van der Waals surface area (Å²) in [5.41, 5.74) is 6.81. The molecular formula is C41H53N7O4. The number of nitrogens with zero attached hydrogens (tertiary/aromatic N) is 4. The summed E-state index contributed by atoms with van der Waals surface area (Å²) in [6.45, 7) is 16.3. The number of rotatable bonds is 7. The normalized spacial score (nSPS) is 15.6. The Bertz CT molecular complexity index is 1880. The minimum atomic E-state index is -0.664. The van der Waals surface area contributed by atoms with Gasteiger partial charge in [-0.2, -0.15) is 0 Å². The van der Waals surface area contributed by atoms with E-state index in [1.54, 1.807) is 12.5 Å². The van der Waals surface area contributed by atoms with E-state index in [0.29, 0.717) is 18.9 Å². The molecule has 11 heteroatoms. The monoisotopic (exact) mass is 707 g/mol. The largest absolute Gasteiger partial charge is 0.453 e. The fraction of sp³-hybridized carbons (Fsp3) is 0.439. The van der Waals surface area contributed by atoms with Crippen molar-refractivity contribution < 1.29 is 19.1 Å². The van der Waals surface area contributed by atoms with Gasteiger partial charge in [-0.1, -0.05) is 77.2 Å². The number of fused-ring (bicyclic) bond motifs is 1. The van der Waals surface area contributed by atoms with Gasteiger partial charge >= 0.3 is 6.09 Å². The molecule has 11 nitrogen and oxygen atoms in total. The molecule has 0 aliphatic carbocycles. The molecule has 2 atom stereocenters. The highest BCUT2D eigenvalue weighted by Crippen LogP contribution is 2.33. The molecule has 2 unspecified atom stereocenters. The van der Waals surface area contributed by atoms with Gasteiger partial charge in [-0.05, 0) is 67.5 Å². The number of benzene rings is 2. The molecule has 4 heterocycles. The molecule has 3 amide bonds. The van der Waals surface area contributed by atoms with Crippen LogP contribution in [0, 0.1) is 23.7 Å². The minimum absolute atomic E-state index is 0.0821. The van der Waals surface area contributed by atoms with Crippen molar-refractivity contribution in [3.8, 4) is 23.1 Å². The zero-order chi connectivity index (χ0) is 37.8. The van der Waals surface area contributed by atoms with Crippen molar-refractivity contribution in [1.29, 1.82) is 0 Å². The number of alkyl carbamates (subject to hydrolysis) is 1. The number of amides is 3. The number of imidazole rings is 2. The van der Waals surface area contributed by atoms with Crippen molar-refractivity contribution in [3.63, 3.8) is 0 Å². The highest BCUT2D eigenvalue weighted by Gasteiger charge is 2.37. The molecular weight excluding hydrogens is 654 g/mol. The summed E-state index contributed by atoms with van der Waals surface area (Å²) in [7, 11) is 1.29. The second-order valence-electron chi connectivity index (χ2n) is 13.6. The van der Waals surface area contributed by atoms with Crippen LogP contribution >= 0.6 is 0 Å². The first kappa shape index (κ1) is 39.4. The second kappa shape index (κ2) is 18.7. The van der Waals surface area contributed by atoms with Gasteiger partial charge in [0.15, 0.2) is 0 Å². The lowest BCUT2D eigenvalue weighted by Gasteiger charge is -2.29. The smallest absolute Gasteiger partial charge is 0.407 e. The van der Waals surface area contributed by atoms with Crippen molar-refractivity contribution >= 4 is 28.9 Å². The number of ether oxygens (including phenoxy) is 1.